The number of benzene rings is 1. The van der Waals surface area contributed by atoms with Crippen molar-refractivity contribution in [1.82, 2.24) is 9.88 Å². The molecule has 0 saturated carbocycles. The maximum absolute atomic E-state index is 12.3. The number of amides is 1. The molecule has 0 radical (unpaired) electrons. The molecular weight excluding hydrogens is 296 g/mol. The van der Waals surface area contributed by atoms with Crippen molar-refractivity contribution in [3.8, 4) is 5.75 Å². The van der Waals surface area contributed by atoms with Gasteiger partial charge in [0, 0.05) is 30.1 Å². The van der Waals surface area contributed by atoms with Crippen molar-refractivity contribution in [1.29, 1.82) is 0 Å². The fourth-order valence-electron chi connectivity index (χ4n) is 2.83. The lowest BCUT2D eigenvalue weighted by molar-refractivity contribution is -0.140. The second-order valence-corrected chi connectivity index (χ2v) is 5.77. The first-order valence-corrected chi connectivity index (χ1v) is 7.65. The van der Waals surface area contributed by atoms with Crippen LogP contribution in [0, 0.1) is 0 Å². The van der Waals surface area contributed by atoms with E-state index in [-0.39, 0.29) is 24.1 Å². The molecule has 1 N–H and O–H groups in total. The SMILES string of the molecule is COc1ccc2[nH]c(=O)c(CN(C)C(=O)[C@H]3CCCO3)cc2c1. The lowest BCUT2D eigenvalue weighted by atomic mass is 10.1. The van der Waals surface area contributed by atoms with Gasteiger partial charge in [-0.3, -0.25) is 9.59 Å². The molecule has 0 unspecified atom stereocenters. The van der Waals surface area contributed by atoms with E-state index in [1.54, 1.807) is 37.3 Å². The highest BCUT2D eigenvalue weighted by molar-refractivity contribution is 5.82. The van der Waals surface area contributed by atoms with Gasteiger partial charge in [-0.05, 0) is 37.1 Å². The molecule has 1 aromatic carbocycles. The van der Waals surface area contributed by atoms with Crippen LogP contribution in [0.1, 0.15) is 18.4 Å². The van der Waals surface area contributed by atoms with E-state index in [0.29, 0.717) is 12.2 Å². The van der Waals surface area contributed by atoms with Gasteiger partial charge in [0.1, 0.15) is 11.9 Å². The van der Waals surface area contributed by atoms with Gasteiger partial charge in [-0.25, -0.2) is 0 Å². The van der Waals surface area contributed by atoms with E-state index in [1.165, 1.54) is 0 Å². The number of aromatic amines is 1. The zero-order valence-electron chi connectivity index (χ0n) is 13.3. The predicted molar refractivity (Wildman–Crippen MR) is 86.6 cm³/mol. The monoisotopic (exact) mass is 316 g/mol. The summed E-state index contributed by atoms with van der Waals surface area (Å²) in [5, 5.41) is 0.872. The van der Waals surface area contributed by atoms with Crippen molar-refractivity contribution in [3.63, 3.8) is 0 Å². The minimum atomic E-state index is -0.375. The van der Waals surface area contributed by atoms with E-state index in [9.17, 15) is 9.59 Å². The maximum Gasteiger partial charge on any atom is 0.253 e. The Kier molecular flexibility index (Phi) is 4.34. The van der Waals surface area contributed by atoms with Crippen LogP contribution in [-0.4, -0.2) is 42.7 Å². The van der Waals surface area contributed by atoms with Crippen LogP contribution < -0.4 is 10.3 Å². The molecule has 3 rings (SSSR count). The van der Waals surface area contributed by atoms with Gasteiger partial charge in [-0.15, -0.1) is 0 Å². The quantitative estimate of drug-likeness (QED) is 0.931. The average Bonchev–Trinajstić information content (AvgIpc) is 3.08. The van der Waals surface area contributed by atoms with Crippen LogP contribution >= 0.6 is 0 Å². The van der Waals surface area contributed by atoms with E-state index in [1.807, 2.05) is 6.07 Å². The summed E-state index contributed by atoms with van der Waals surface area (Å²) in [6.07, 6.45) is 1.27. The van der Waals surface area contributed by atoms with Crippen LogP contribution in [0.2, 0.25) is 0 Å². The van der Waals surface area contributed by atoms with Crippen LogP contribution in [0.15, 0.2) is 29.1 Å². The van der Waals surface area contributed by atoms with Gasteiger partial charge in [-0.2, -0.15) is 0 Å². The van der Waals surface area contributed by atoms with Crippen molar-refractivity contribution in [2.24, 2.45) is 0 Å². The molecule has 1 amide bonds. The summed E-state index contributed by atoms with van der Waals surface area (Å²) in [4.78, 5) is 28.9. The van der Waals surface area contributed by atoms with Crippen LogP contribution in [0.25, 0.3) is 10.9 Å². The Balaban J connectivity index is 1.85. The lowest BCUT2D eigenvalue weighted by Gasteiger charge is -2.20. The van der Waals surface area contributed by atoms with Crippen molar-refractivity contribution < 1.29 is 14.3 Å². The summed E-state index contributed by atoms with van der Waals surface area (Å²) in [5.74, 6) is 0.645. The predicted octanol–water partition coefficient (Wildman–Crippen LogP) is 1.67. The van der Waals surface area contributed by atoms with Crippen LogP contribution in [0.4, 0.5) is 0 Å². The molecule has 23 heavy (non-hydrogen) atoms. The van der Waals surface area contributed by atoms with E-state index in [2.05, 4.69) is 4.98 Å². The van der Waals surface area contributed by atoms with E-state index >= 15 is 0 Å². The van der Waals surface area contributed by atoms with E-state index in [0.717, 1.165) is 29.5 Å². The number of carbonyl (C=O) groups excluding carboxylic acids is 1. The number of nitrogens with zero attached hydrogens (tertiary/aromatic N) is 1. The Morgan fingerprint density at radius 2 is 2.26 bits per heavy atom. The van der Waals surface area contributed by atoms with Crippen molar-refractivity contribution in [3.05, 3.63) is 40.2 Å². The summed E-state index contributed by atoms with van der Waals surface area (Å²) in [7, 11) is 3.29. The van der Waals surface area contributed by atoms with Gasteiger partial charge >= 0.3 is 0 Å². The van der Waals surface area contributed by atoms with Gasteiger partial charge in [0.05, 0.1) is 13.7 Å². The first kappa shape index (κ1) is 15.6. The molecule has 122 valence electrons. The third-order valence-corrected chi connectivity index (χ3v) is 4.12. The molecular formula is C17H20N2O4. The molecule has 0 bridgehead atoms. The number of likely N-dealkylation sites (N-methyl/N-ethyl adjacent to an activating group) is 1. The fourth-order valence-corrected chi connectivity index (χ4v) is 2.83. The Hall–Kier alpha value is -2.34. The highest BCUT2D eigenvalue weighted by atomic mass is 16.5. The second kappa shape index (κ2) is 6.42. The standard InChI is InChI=1S/C17H20N2O4/c1-19(17(21)15-4-3-7-23-15)10-12-8-11-9-13(22-2)5-6-14(11)18-16(12)20/h5-6,8-9,15H,3-4,7,10H2,1-2H3,(H,18,20)/t15-/m1/s1. The molecule has 6 heteroatoms. The highest BCUT2D eigenvalue weighted by Gasteiger charge is 2.26. The first-order chi connectivity index (χ1) is 11.1. The number of carbonyl (C=O) groups is 1. The molecule has 1 saturated heterocycles. The number of nitrogens with one attached hydrogen (secondary N) is 1. The van der Waals surface area contributed by atoms with E-state index in [4.69, 9.17) is 9.47 Å². The lowest BCUT2D eigenvalue weighted by Crippen LogP contribution is -2.36. The number of H-pyrrole nitrogens is 1. The fraction of sp³-hybridized carbons (Fsp3) is 0.412. The molecule has 0 aliphatic carbocycles. The Morgan fingerprint density at radius 3 is 2.96 bits per heavy atom. The number of rotatable bonds is 4. The molecule has 2 aromatic rings. The number of fused-ring (bicyclic) bond motifs is 1. The first-order valence-electron chi connectivity index (χ1n) is 7.65. The van der Waals surface area contributed by atoms with Gasteiger partial charge in [0.25, 0.3) is 11.5 Å². The van der Waals surface area contributed by atoms with Crippen molar-refractivity contribution in [2.75, 3.05) is 20.8 Å². The molecule has 6 nitrogen and oxygen atoms in total. The number of methoxy groups -OCH3 is 1. The topological polar surface area (TPSA) is 71.6 Å². The van der Waals surface area contributed by atoms with Crippen molar-refractivity contribution >= 4 is 16.8 Å². The van der Waals surface area contributed by atoms with Crippen LogP contribution in [-0.2, 0) is 16.1 Å². The van der Waals surface area contributed by atoms with Gasteiger partial charge in [-0.1, -0.05) is 0 Å². The molecule has 1 aliphatic heterocycles. The van der Waals surface area contributed by atoms with Crippen molar-refractivity contribution in [2.45, 2.75) is 25.5 Å². The minimum Gasteiger partial charge on any atom is -0.497 e. The summed E-state index contributed by atoms with van der Waals surface area (Å²) in [5.41, 5.74) is 1.10. The normalized spacial score (nSPS) is 17.4. The van der Waals surface area contributed by atoms with Gasteiger partial charge in [0.15, 0.2) is 0 Å². The number of hydrogen-bond donors (Lipinski definition) is 1. The molecule has 0 spiro atoms. The zero-order chi connectivity index (χ0) is 16.4. The Morgan fingerprint density at radius 1 is 1.43 bits per heavy atom. The largest absolute Gasteiger partial charge is 0.497 e. The number of pyridine rings is 1. The molecule has 1 fully saturated rings. The van der Waals surface area contributed by atoms with E-state index < -0.39 is 0 Å². The third kappa shape index (κ3) is 3.22. The summed E-state index contributed by atoms with van der Waals surface area (Å²) in [6.45, 7) is 0.877. The summed E-state index contributed by atoms with van der Waals surface area (Å²) in [6, 6.07) is 7.26. The number of hydrogen-bond acceptors (Lipinski definition) is 4. The molecule has 1 atom stereocenters. The van der Waals surface area contributed by atoms with Gasteiger partial charge in [0.2, 0.25) is 0 Å². The van der Waals surface area contributed by atoms with Crippen LogP contribution in [0.3, 0.4) is 0 Å². The Bertz CT molecular complexity index is 778. The Labute approximate surface area is 134 Å². The summed E-state index contributed by atoms with van der Waals surface area (Å²) >= 11 is 0. The molecule has 1 aliphatic rings. The van der Waals surface area contributed by atoms with Crippen LogP contribution in [0.5, 0.6) is 5.75 Å². The molecule has 1 aromatic heterocycles. The third-order valence-electron chi connectivity index (χ3n) is 4.12. The summed E-state index contributed by atoms with van der Waals surface area (Å²) < 4.78 is 10.6. The smallest absolute Gasteiger partial charge is 0.253 e. The minimum absolute atomic E-state index is 0.0763. The maximum atomic E-state index is 12.3. The molecule has 2 heterocycles. The number of aromatic nitrogens is 1. The zero-order valence-corrected chi connectivity index (χ0v) is 13.3. The second-order valence-electron chi connectivity index (χ2n) is 5.77. The average molecular weight is 316 g/mol. The highest BCUT2D eigenvalue weighted by Crippen LogP contribution is 2.20. The number of ether oxygens (including phenoxy) is 2. The van der Waals surface area contributed by atoms with Gasteiger partial charge < -0.3 is 19.4 Å².